The standard InChI is InChI=1S/C32H33Cl2F3N4O4S/c33-24-6-1-21(2-7-24)31(22-3-8-25(34)9-4-22)23-5-10-28-27(19-23)29(20-30(40-28)45-18-17-44-16-13-38)39-26-11-14-41(15-12-26)46(42,43)32(35,36)37/h1-10,19-20,26,31H,11-18,38H2,(H,39,40). The number of benzene rings is 3. The van der Waals surface area contributed by atoms with Crippen LogP contribution in [0.3, 0.4) is 0 Å². The smallest absolute Gasteiger partial charge is 0.475 e. The number of aromatic nitrogens is 1. The number of anilines is 1. The van der Waals surface area contributed by atoms with Crippen LogP contribution < -0.4 is 15.8 Å². The van der Waals surface area contributed by atoms with Crippen molar-refractivity contribution in [2.45, 2.75) is 30.3 Å². The second-order valence-corrected chi connectivity index (χ2v) is 13.6. The van der Waals surface area contributed by atoms with Crippen molar-refractivity contribution in [1.29, 1.82) is 0 Å². The number of nitrogens with one attached hydrogen (secondary N) is 1. The van der Waals surface area contributed by atoms with Crippen molar-refractivity contribution in [2.24, 2.45) is 5.73 Å². The number of sulfonamides is 1. The third-order valence-electron chi connectivity index (χ3n) is 7.74. The highest BCUT2D eigenvalue weighted by Crippen LogP contribution is 2.37. The largest absolute Gasteiger partial charge is 0.511 e. The van der Waals surface area contributed by atoms with Crippen LogP contribution >= 0.6 is 23.2 Å². The second kappa shape index (κ2) is 14.7. The Morgan fingerprint density at radius 1 is 0.891 bits per heavy atom. The Bertz CT molecular complexity index is 1690. The lowest BCUT2D eigenvalue weighted by atomic mass is 9.84. The van der Waals surface area contributed by atoms with Crippen molar-refractivity contribution in [3.63, 3.8) is 0 Å². The third-order valence-corrected chi connectivity index (χ3v) is 9.87. The van der Waals surface area contributed by atoms with Crippen molar-refractivity contribution < 1.29 is 31.1 Å². The molecule has 2 heterocycles. The third kappa shape index (κ3) is 8.04. The molecule has 0 atom stereocenters. The molecule has 14 heteroatoms. The number of nitrogens with zero attached hydrogens (tertiary/aromatic N) is 2. The molecular weight excluding hydrogens is 664 g/mol. The minimum absolute atomic E-state index is 0.181. The fourth-order valence-corrected chi connectivity index (χ4v) is 6.71. The van der Waals surface area contributed by atoms with E-state index in [0.717, 1.165) is 22.1 Å². The fraction of sp³-hybridized carbons (Fsp3) is 0.344. The molecule has 3 N–H and O–H groups in total. The Hall–Kier alpha value is -3.13. The molecule has 0 spiro atoms. The predicted molar refractivity (Wildman–Crippen MR) is 174 cm³/mol. The molecule has 8 nitrogen and oxygen atoms in total. The van der Waals surface area contributed by atoms with E-state index >= 15 is 0 Å². The lowest BCUT2D eigenvalue weighted by molar-refractivity contribution is -0.0494. The quantitative estimate of drug-likeness (QED) is 0.124. The van der Waals surface area contributed by atoms with E-state index in [1.165, 1.54) is 0 Å². The Morgan fingerprint density at radius 2 is 1.48 bits per heavy atom. The van der Waals surface area contributed by atoms with Crippen molar-refractivity contribution in [1.82, 2.24) is 9.29 Å². The number of halogens is 5. The topological polar surface area (TPSA) is 107 Å². The number of fused-ring (bicyclic) bond motifs is 1. The van der Waals surface area contributed by atoms with Crippen LogP contribution in [0.2, 0.25) is 10.0 Å². The zero-order valence-electron chi connectivity index (χ0n) is 24.6. The number of ether oxygens (including phenoxy) is 2. The molecule has 246 valence electrons. The molecule has 0 aliphatic carbocycles. The average Bonchev–Trinajstić information content (AvgIpc) is 3.03. The summed E-state index contributed by atoms with van der Waals surface area (Å²) >= 11 is 12.4. The molecule has 1 aromatic heterocycles. The van der Waals surface area contributed by atoms with E-state index in [9.17, 15) is 21.6 Å². The van der Waals surface area contributed by atoms with Gasteiger partial charge in [-0.15, -0.1) is 0 Å². The summed E-state index contributed by atoms with van der Waals surface area (Å²) in [6.07, 6.45) is 0.361. The number of pyridine rings is 1. The molecule has 1 aliphatic rings. The highest BCUT2D eigenvalue weighted by atomic mass is 35.5. The van der Waals surface area contributed by atoms with Crippen LogP contribution in [-0.4, -0.2) is 68.7 Å². The van der Waals surface area contributed by atoms with Crippen LogP contribution in [0.4, 0.5) is 18.9 Å². The van der Waals surface area contributed by atoms with Gasteiger partial charge in [0.15, 0.2) is 0 Å². The molecule has 4 aromatic rings. The molecule has 1 aliphatic heterocycles. The maximum atomic E-state index is 13.1. The highest BCUT2D eigenvalue weighted by Gasteiger charge is 2.50. The summed E-state index contributed by atoms with van der Waals surface area (Å²) in [5.74, 6) is 0.154. The van der Waals surface area contributed by atoms with Gasteiger partial charge in [0.2, 0.25) is 5.88 Å². The maximum absolute atomic E-state index is 13.1. The number of hydrogen-bond donors (Lipinski definition) is 2. The van der Waals surface area contributed by atoms with Gasteiger partial charge in [-0.05, 0) is 65.9 Å². The van der Waals surface area contributed by atoms with E-state index in [1.54, 1.807) is 6.07 Å². The molecule has 3 aromatic carbocycles. The lowest BCUT2D eigenvalue weighted by Crippen LogP contribution is -2.47. The lowest BCUT2D eigenvalue weighted by Gasteiger charge is -2.32. The van der Waals surface area contributed by atoms with Gasteiger partial charge in [0.05, 0.1) is 18.7 Å². The summed E-state index contributed by atoms with van der Waals surface area (Å²) in [5.41, 5.74) is 4.40. The molecule has 0 saturated carbocycles. The first kappa shape index (κ1) is 34.2. The minimum Gasteiger partial charge on any atom is -0.475 e. The Balaban J connectivity index is 1.49. The minimum atomic E-state index is -5.39. The summed E-state index contributed by atoms with van der Waals surface area (Å²) in [6, 6.07) is 22.6. The van der Waals surface area contributed by atoms with Gasteiger partial charge >= 0.3 is 15.5 Å². The average molecular weight is 698 g/mol. The summed E-state index contributed by atoms with van der Waals surface area (Å²) < 4.78 is 75.1. The second-order valence-electron chi connectivity index (χ2n) is 10.8. The first-order chi connectivity index (χ1) is 22.0. The van der Waals surface area contributed by atoms with E-state index in [-0.39, 0.29) is 44.5 Å². The van der Waals surface area contributed by atoms with Crippen molar-refractivity contribution >= 4 is 49.8 Å². The molecule has 1 saturated heterocycles. The van der Waals surface area contributed by atoms with E-state index in [4.69, 9.17) is 43.4 Å². The zero-order valence-corrected chi connectivity index (χ0v) is 27.0. The molecule has 0 unspecified atom stereocenters. The number of nitrogens with two attached hydrogens (primary N) is 1. The van der Waals surface area contributed by atoms with Crippen LogP contribution in [0.25, 0.3) is 10.9 Å². The van der Waals surface area contributed by atoms with Crippen LogP contribution in [0.15, 0.2) is 72.8 Å². The number of hydrogen-bond acceptors (Lipinski definition) is 7. The monoisotopic (exact) mass is 696 g/mol. The van der Waals surface area contributed by atoms with Gasteiger partial charge in [-0.2, -0.15) is 17.5 Å². The van der Waals surface area contributed by atoms with Gasteiger partial charge in [-0.25, -0.2) is 13.4 Å². The molecular formula is C32H33Cl2F3N4O4S. The van der Waals surface area contributed by atoms with Gasteiger partial charge in [-0.1, -0.05) is 53.5 Å². The fourth-order valence-electron chi connectivity index (χ4n) is 5.48. The highest BCUT2D eigenvalue weighted by molar-refractivity contribution is 7.90. The summed E-state index contributed by atoms with van der Waals surface area (Å²) in [7, 11) is -5.39. The predicted octanol–water partition coefficient (Wildman–Crippen LogP) is 6.80. The van der Waals surface area contributed by atoms with Crippen molar-refractivity contribution in [3.8, 4) is 5.88 Å². The first-order valence-electron chi connectivity index (χ1n) is 14.7. The summed E-state index contributed by atoms with van der Waals surface area (Å²) in [6.45, 7) is 0.819. The molecule has 1 fully saturated rings. The maximum Gasteiger partial charge on any atom is 0.511 e. The van der Waals surface area contributed by atoms with Gasteiger partial charge in [-0.3, -0.25) is 0 Å². The van der Waals surface area contributed by atoms with E-state index in [1.807, 2.05) is 66.7 Å². The van der Waals surface area contributed by atoms with Gasteiger partial charge < -0.3 is 20.5 Å². The molecule has 0 bridgehead atoms. The van der Waals surface area contributed by atoms with E-state index < -0.39 is 15.5 Å². The Morgan fingerprint density at radius 3 is 2.04 bits per heavy atom. The van der Waals surface area contributed by atoms with E-state index in [0.29, 0.717) is 51.2 Å². The van der Waals surface area contributed by atoms with Gasteiger partial charge in [0.1, 0.15) is 6.61 Å². The van der Waals surface area contributed by atoms with Crippen LogP contribution in [0.5, 0.6) is 5.88 Å². The molecule has 0 amide bonds. The Kier molecular flexibility index (Phi) is 11.0. The Labute approximate surface area is 275 Å². The zero-order chi connectivity index (χ0) is 32.9. The van der Waals surface area contributed by atoms with Crippen LogP contribution in [0.1, 0.15) is 35.4 Å². The number of alkyl halides is 3. The first-order valence-corrected chi connectivity index (χ1v) is 16.8. The summed E-state index contributed by atoms with van der Waals surface area (Å²) in [4.78, 5) is 4.70. The van der Waals surface area contributed by atoms with Crippen molar-refractivity contribution in [3.05, 3.63) is 99.5 Å². The summed E-state index contributed by atoms with van der Waals surface area (Å²) in [5, 5.41) is 5.43. The number of rotatable bonds is 12. The van der Waals surface area contributed by atoms with E-state index in [2.05, 4.69) is 5.32 Å². The van der Waals surface area contributed by atoms with Crippen LogP contribution in [-0.2, 0) is 14.8 Å². The normalized spacial score (nSPS) is 15.0. The van der Waals surface area contributed by atoms with Gasteiger partial charge in [0.25, 0.3) is 0 Å². The number of piperidine rings is 1. The molecule has 0 radical (unpaired) electrons. The van der Waals surface area contributed by atoms with Gasteiger partial charge in [0, 0.05) is 58.8 Å². The molecule has 5 rings (SSSR count). The van der Waals surface area contributed by atoms with Crippen LogP contribution in [0, 0.1) is 0 Å². The molecule has 46 heavy (non-hydrogen) atoms. The van der Waals surface area contributed by atoms with Crippen molar-refractivity contribution in [2.75, 3.05) is 44.8 Å². The SMILES string of the molecule is NCCOCCOc1cc(NC2CCN(S(=O)(=O)C(F)(F)F)CC2)c2cc(C(c3ccc(Cl)cc3)c3ccc(Cl)cc3)ccc2n1.